The predicted molar refractivity (Wildman–Crippen MR) is 105 cm³/mol. The summed E-state index contributed by atoms with van der Waals surface area (Å²) in [5, 5.41) is 12.0. The molecule has 28 heavy (non-hydrogen) atoms. The lowest BCUT2D eigenvalue weighted by molar-refractivity contribution is 0.306. The molecule has 0 radical (unpaired) electrons. The fourth-order valence-electron chi connectivity index (χ4n) is 3.27. The minimum Gasteiger partial charge on any atom is -0.489 e. The molecule has 2 aromatic carbocycles. The van der Waals surface area contributed by atoms with Gasteiger partial charge in [-0.25, -0.2) is 9.48 Å². The van der Waals surface area contributed by atoms with Crippen LogP contribution in [0.25, 0.3) is 16.7 Å². The molecule has 4 aromatic rings. The Morgan fingerprint density at radius 2 is 1.93 bits per heavy atom. The third-order valence-corrected chi connectivity index (χ3v) is 4.68. The third-order valence-electron chi connectivity index (χ3n) is 4.68. The van der Waals surface area contributed by atoms with E-state index in [0.717, 1.165) is 22.2 Å². The Balaban J connectivity index is 1.62. The van der Waals surface area contributed by atoms with E-state index in [0.29, 0.717) is 17.3 Å². The van der Waals surface area contributed by atoms with Crippen molar-refractivity contribution < 1.29 is 9.15 Å². The molecule has 7 nitrogen and oxygen atoms in total. The molecule has 2 aromatic heterocycles. The van der Waals surface area contributed by atoms with Gasteiger partial charge in [-0.2, -0.15) is 0 Å². The van der Waals surface area contributed by atoms with Gasteiger partial charge in [-0.3, -0.25) is 0 Å². The lowest BCUT2D eigenvalue weighted by atomic mass is 9.95. The van der Waals surface area contributed by atoms with Gasteiger partial charge < -0.3 is 9.15 Å². The number of hydrogen-bond donors (Lipinski definition) is 0. The molecule has 0 spiro atoms. The molecule has 142 valence electrons. The van der Waals surface area contributed by atoms with Crippen LogP contribution in [-0.4, -0.2) is 20.2 Å². The van der Waals surface area contributed by atoms with Crippen LogP contribution in [-0.2, 0) is 6.61 Å². The Hall–Kier alpha value is -3.48. The van der Waals surface area contributed by atoms with Crippen LogP contribution in [0.2, 0.25) is 0 Å². The van der Waals surface area contributed by atoms with Gasteiger partial charge in [-0.05, 0) is 70.8 Å². The van der Waals surface area contributed by atoms with Gasteiger partial charge in [0.05, 0.1) is 5.69 Å². The number of ether oxygens (including phenoxy) is 1. The maximum absolute atomic E-state index is 12.0. The molecular weight excluding hydrogens is 356 g/mol. The lowest BCUT2D eigenvalue weighted by Gasteiger charge is -2.13. The van der Waals surface area contributed by atoms with E-state index < -0.39 is 0 Å². The zero-order chi connectivity index (χ0) is 19.7. The monoisotopic (exact) mass is 376 g/mol. The smallest absolute Gasteiger partial charge is 0.336 e. The molecule has 0 bridgehead atoms. The maximum Gasteiger partial charge on any atom is 0.336 e. The van der Waals surface area contributed by atoms with Crippen molar-refractivity contribution in [3.05, 3.63) is 75.9 Å². The van der Waals surface area contributed by atoms with Crippen molar-refractivity contribution in [2.75, 3.05) is 0 Å². The Labute approximate surface area is 161 Å². The van der Waals surface area contributed by atoms with Gasteiger partial charge in [0, 0.05) is 17.0 Å². The van der Waals surface area contributed by atoms with Gasteiger partial charge in [0.1, 0.15) is 24.3 Å². The summed E-state index contributed by atoms with van der Waals surface area (Å²) in [5.41, 5.74) is 4.19. The summed E-state index contributed by atoms with van der Waals surface area (Å²) in [6.45, 7) is 6.60. The molecule has 2 heterocycles. The molecule has 0 N–H and O–H groups in total. The molecule has 0 atom stereocenters. The van der Waals surface area contributed by atoms with Crippen molar-refractivity contribution >= 4 is 11.0 Å². The summed E-state index contributed by atoms with van der Waals surface area (Å²) in [5.74, 6) is 1.07. The third kappa shape index (κ3) is 3.51. The highest BCUT2D eigenvalue weighted by Crippen LogP contribution is 2.27. The van der Waals surface area contributed by atoms with Gasteiger partial charge in [-0.15, -0.1) is 5.10 Å². The van der Waals surface area contributed by atoms with E-state index >= 15 is 0 Å². The zero-order valence-corrected chi connectivity index (χ0v) is 15.9. The minimum absolute atomic E-state index is 0.271. The van der Waals surface area contributed by atoms with E-state index in [9.17, 15) is 4.79 Å². The lowest BCUT2D eigenvalue weighted by Crippen LogP contribution is -2.05. The highest BCUT2D eigenvalue weighted by Gasteiger charge is 2.12. The van der Waals surface area contributed by atoms with Crippen LogP contribution in [0, 0.1) is 6.92 Å². The molecular formula is C21H20N4O3. The molecule has 0 aliphatic rings. The largest absolute Gasteiger partial charge is 0.489 e. The molecule has 7 heteroatoms. The summed E-state index contributed by atoms with van der Waals surface area (Å²) >= 11 is 0. The van der Waals surface area contributed by atoms with E-state index in [4.69, 9.17) is 9.15 Å². The number of benzene rings is 2. The average molecular weight is 376 g/mol. The second kappa shape index (κ2) is 7.26. The maximum atomic E-state index is 12.0. The van der Waals surface area contributed by atoms with Gasteiger partial charge in [-0.1, -0.05) is 13.8 Å². The Morgan fingerprint density at radius 1 is 1.14 bits per heavy atom. The average Bonchev–Trinajstić information content (AvgIpc) is 3.20. The highest BCUT2D eigenvalue weighted by atomic mass is 16.5. The van der Waals surface area contributed by atoms with Crippen molar-refractivity contribution in [1.82, 2.24) is 20.2 Å². The molecule has 0 saturated carbocycles. The van der Waals surface area contributed by atoms with E-state index in [1.807, 2.05) is 37.3 Å². The Kier molecular flexibility index (Phi) is 4.65. The van der Waals surface area contributed by atoms with E-state index in [1.54, 1.807) is 4.68 Å². The first-order valence-electron chi connectivity index (χ1n) is 9.05. The summed E-state index contributed by atoms with van der Waals surface area (Å²) in [6.07, 6.45) is 1.53. The SMILES string of the molecule is Cc1cc2oc(=O)cc(COc3ccc(-n4cnnn4)cc3)c2cc1C(C)C. The number of rotatable bonds is 5. The molecule has 0 fully saturated rings. The standard InChI is InChI=1S/C21H20N4O3/c1-13(2)18-10-19-15(9-21(26)28-20(19)8-14(18)3)11-27-17-6-4-16(5-7-17)25-12-22-23-24-25/h4-10,12-13H,11H2,1-3H3. The van der Waals surface area contributed by atoms with Crippen molar-refractivity contribution in [3.63, 3.8) is 0 Å². The van der Waals surface area contributed by atoms with Gasteiger partial charge in [0.2, 0.25) is 0 Å². The van der Waals surface area contributed by atoms with Crippen LogP contribution in [0.3, 0.4) is 0 Å². The normalized spacial score (nSPS) is 11.3. The molecule has 0 amide bonds. The van der Waals surface area contributed by atoms with E-state index in [1.165, 1.54) is 18.0 Å². The quantitative estimate of drug-likeness (QED) is 0.493. The summed E-state index contributed by atoms with van der Waals surface area (Å²) in [7, 11) is 0. The number of aromatic nitrogens is 4. The second-order valence-corrected chi connectivity index (χ2v) is 6.99. The first-order valence-corrected chi connectivity index (χ1v) is 9.05. The van der Waals surface area contributed by atoms with Crippen molar-refractivity contribution in [2.45, 2.75) is 33.3 Å². The van der Waals surface area contributed by atoms with E-state index in [-0.39, 0.29) is 12.2 Å². The number of fused-ring (bicyclic) bond motifs is 1. The van der Waals surface area contributed by atoms with Gasteiger partial charge >= 0.3 is 5.63 Å². The van der Waals surface area contributed by atoms with Crippen LogP contribution in [0.1, 0.15) is 36.5 Å². The van der Waals surface area contributed by atoms with Crippen LogP contribution >= 0.6 is 0 Å². The molecule has 0 aliphatic carbocycles. The highest BCUT2D eigenvalue weighted by molar-refractivity contribution is 5.82. The molecule has 0 aliphatic heterocycles. The molecule has 0 saturated heterocycles. The molecule has 0 unspecified atom stereocenters. The zero-order valence-electron chi connectivity index (χ0n) is 15.9. The number of aryl methyl sites for hydroxylation is 1. The number of hydrogen-bond acceptors (Lipinski definition) is 6. The summed E-state index contributed by atoms with van der Waals surface area (Å²) < 4.78 is 12.9. The number of nitrogens with zero attached hydrogens (tertiary/aromatic N) is 4. The van der Waals surface area contributed by atoms with Crippen molar-refractivity contribution in [1.29, 1.82) is 0 Å². The predicted octanol–water partition coefficient (Wildman–Crippen LogP) is 3.78. The Bertz CT molecular complexity index is 1160. The first kappa shape index (κ1) is 17.9. The minimum atomic E-state index is -0.378. The Morgan fingerprint density at radius 3 is 2.61 bits per heavy atom. The first-order chi connectivity index (χ1) is 13.5. The van der Waals surface area contributed by atoms with Crippen LogP contribution < -0.4 is 10.4 Å². The van der Waals surface area contributed by atoms with Crippen LogP contribution in [0.4, 0.5) is 0 Å². The second-order valence-electron chi connectivity index (χ2n) is 6.99. The summed E-state index contributed by atoms with van der Waals surface area (Å²) in [6, 6.07) is 12.9. The fraction of sp³-hybridized carbons (Fsp3) is 0.238. The molecule has 4 rings (SSSR count). The fourth-order valence-corrected chi connectivity index (χ4v) is 3.27. The van der Waals surface area contributed by atoms with Crippen molar-refractivity contribution in [3.8, 4) is 11.4 Å². The van der Waals surface area contributed by atoms with E-state index in [2.05, 4.69) is 35.4 Å². The summed E-state index contributed by atoms with van der Waals surface area (Å²) in [4.78, 5) is 12.0. The van der Waals surface area contributed by atoms with Crippen molar-refractivity contribution in [2.24, 2.45) is 0 Å². The van der Waals surface area contributed by atoms with Crippen LogP contribution in [0.15, 0.2) is 58.0 Å². The van der Waals surface area contributed by atoms with Crippen LogP contribution in [0.5, 0.6) is 5.75 Å². The van der Waals surface area contributed by atoms with Gasteiger partial charge in [0.25, 0.3) is 0 Å². The topological polar surface area (TPSA) is 83.0 Å². The van der Waals surface area contributed by atoms with Gasteiger partial charge in [0.15, 0.2) is 0 Å². The number of tetrazole rings is 1.